The van der Waals surface area contributed by atoms with E-state index in [1.807, 2.05) is 4.90 Å². The van der Waals surface area contributed by atoms with E-state index in [9.17, 15) is 4.79 Å². The standard InChI is InChI=1S/C13H14BrN3O3/c1-8(18)17-6-4-9(5-7-17)13-15-12(16-20-13)10-2-3-11(14)19-10/h2-3,9H,4-7H2,1H3. The number of likely N-dealkylation sites (tertiary alicyclic amines) is 1. The summed E-state index contributed by atoms with van der Waals surface area (Å²) in [4.78, 5) is 17.5. The average molecular weight is 340 g/mol. The number of carbonyl (C=O) groups excluding carboxylic acids is 1. The molecule has 0 aliphatic carbocycles. The Bertz CT molecular complexity index is 614. The first-order valence-corrected chi connectivity index (χ1v) is 7.27. The average Bonchev–Trinajstić information content (AvgIpc) is 3.07. The van der Waals surface area contributed by atoms with E-state index >= 15 is 0 Å². The zero-order chi connectivity index (χ0) is 14.1. The fourth-order valence-electron chi connectivity index (χ4n) is 2.38. The summed E-state index contributed by atoms with van der Waals surface area (Å²) >= 11 is 3.24. The van der Waals surface area contributed by atoms with Crippen LogP contribution in [0.2, 0.25) is 0 Å². The molecule has 0 N–H and O–H groups in total. The first-order chi connectivity index (χ1) is 9.63. The van der Waals surface area contributed by atoms with Crippen molar-refractivity contribution in [1.29, 1.82) is 0 Å². The molecule has 0 atom stereocenters. The van der Waals surface area contributed by atoms with Gasteiger partial charge in [0.2, 0.25) is 17.6 Å². The molecule has 0 aromatic carbocycles. The van der Waals surface area contributed by atoms with Gasteiger partial charge in [0.1, 0.15) is 0 Å². The minimum absolute atomic E-state index is 0.120. The minimum Gasteiger partial charge on any atom is -0.446 e. The van der Waals surface area contributed by atoms with Crippen LogP contribution in [0.4, 0.5) is 0 Å². The van der Waals surface area contributed by atoms with E-state index in [2.05, 4.69) is 26.1 Å². The van der Waals surface area contributed by atoms with Gasteiger partial charge in [-0.2, -0.15) is 4.98 Å². The van der Waals surface area contributed by atoms with Crippen molar-refractivity contribution in [2.45, 2.75) is 25.7 Å². The molecule has 0 bridgehead atoms. The second kappa shape index (κ2) is 5.40. The molecule has 1 aliphatic heterocycles. The minimum atomic E-state index is 0.120. The largest absolute Gasteiger partial charge is 0.446 e. The van der Waals surface area contributed by atoms with Gasteiger partial charge in [0.25, 0.3) is 0 Å². The Morgan fingerprint density at radius 1 is 1.40 bits per heavy atom. The van der Waals surface area contributed by atoms with Crippen molar-refractivity contribution >= 4 is 21.8 Å². The highest BCUT2D eigenvalue weighted by Gasteiger charge is 2.26. The molecule has 0 saturated carbocycles. The molecule has 2 aromatic heterocycles. The summed E-state index contributed by atoms with van der Waals surface area (Å²) in [5.74, 6) is 1.99. The molecule has 7 heteroatoms. The number of amides is 1. The number of carbonyl (C=O) groups is 1. The van der Waals surface area contributed by atoms with Crippen molar-refractivity contribution in [2.75, 3.05) is 13.1 Å². The maximum atomic E-state index is 11.3. The number of nitrogens with zero attached hydrogens (tertiary/aromatic N) is 3. The number of halogens is 1. The third kappa shape index (κ3) is 2.63. The number of rotatable bonds is 2. The fraction of sp³-hybridized carbons (Fsp3) is 0.462. The predicted molar refractivity (Wildman–Crippen MR) is 73.9 cm³/mol. The van der Waals surface area contributed by atoms with Gasteiger partial charge in [0.15, 0.2) is 10.4 Å². The number of hydrogen-bond donors (Lipinski definition) is 0. The third-order valence-electron chi connectivity index (χ3n) is 3.52. The van der Waals surface area contributed by atoms with E-state index in [0.29, 0.717) is 22.1 Å². The van der Waals surface area contributed by atoms with Crippen LogP contribution in [0.5, 0.6) is 0 Å². The second-order valence-electron chi connectivity index (χ2n) is 4.84. The van der Waals surface area contributed by atoms with Crippen LogP contribution in [0.3, 0.4) is 0 Å². The lowest BCUT2D eigenvalue weighted by Gasteiger charge is -2.29. The molecule has 1 saturated heterocycles. The van der Waals surface area contributed by atoms with Gasteiger partial charge < -0.3 is 13.8 Å². The van der Waals surface area contributed by atoms with Gasteiger partial charge in [-0.05, 0) is 40.9 Å². The number of furan rings is 1. The summed E-state index contributed by atoms with van der Waals surface area (Å²) < 4.78 is 11.4. The molecular formula is C13H14BrN3O3. The smallest absolute Gasteiger partial charge is 0.238 e. The number of hydrogen-bond acceptors (Lipinski definition) is 5. The Balaban J connectivity index is 1.70. The maximum Gasteiger partial charge on any atom is 0.238 e. The van der Waals surface area contributed by atoms with E-state index in [-0.39, 0.29) is 11.8 Å². The quantitative estimate of drug-likeness (QED) is 0.841. The summed E-state index contributed by atoms with van der Waals surface area (Å²) in [6.07, 6.45) is 1.70. The van der Waals surface area contributed by atoms with Gasteiger partial charge in [-0.3, -0.25) is 4.79 Å². The van der Waals surface area contributed by atoms with Gasteiger partial charge in [0.05, 0.1) is 0 Å². The van der Waals surface area contributed by atoms with Crippen molar-refractivity contribution in [1.82, 2.24) is 15.0 Å². The third-order valence-corrected chi connectivity index (χ3v) is 3.95. The molecule has 0 radical (unpaired) electrons. The summed E-state index contributed by atoms with van der Waals surface area (Å²) in [6.45, 7) is 3.08. The summed E-state index contributed by atoms with van der Waals surface area (Å²) in [6, 6.07) is 3.58. The predicted octanol–water partition coefficient (Wildman–Crippen LogP) is 2.82. The van der Waals surface area contributed by atoms with Crippen molar-refractivity contribution in [2.24, 2.45) is 0 Å². The normalized spacial score (nSPS) is 16.6. The van der Waals surface area contributed by atoms with E-state index in [0.717, 1.165) is 25.9 Å². The molecule has 2 aromatic rings. The van der Waals surface area contributed by atoms with Crippen LogP contribution >= 0.6 is 15.9 Å². The lowest BCUT2D eigenvalue weighted by molar-refractivity contribution is -0.129. The lowest BCUT2D eigenvalue weighted by Crippen LogP contribution is -2.36. The molecule has 20 heavy (non-hydrogen) atoms. The van der Waals surface area contributed by atoms with E-state index < -0.39 is 0 Å². The van der Waals surface area contributed by atoms with Crippen molar-refractivity contribution in [3.8, 4) is 11.6 Å². The Morgan fingerprint density at radius 3 is 2.75 bits per heavy atom. The van der Waals surface area contributed by atoms with Gasteiger partial charge in [-0.15, -0.1) is 0 Å². The van der Waals surface area contributed by atoms with Crippen LogP contribution in [-0.2, 0) is 4.79 Å². The summed E-state index contributed by atoms with van der Waals surface area (Å²) in [7, 11) is 0. The topological polar surface area (TPSA) is 72.4 Å². The van der Waals surface area contributed by atoms with Gasteiger partial charge in [-0.25, -0.2) is 0 Å². The van der Waals surface area contributed by atoms with Crippen molar-refractivity contribution in [3.05, 3.63) is 22.7 Å². The summed E-state index contributed by atoms with van der Waals surface area (Å²) in [5, 5.41) is 3.95. The Morgan fingerprint density at radius 2 is 2.15 bits per heavy atom. The summed E-state index contributed by atoms with van der Waals surface area (Å²) in [5.41, 5.74) is 0. The van der Waals surface area contributed by atoms with Gasteiger partial charge in [-0.1, -0.05) is 5.16 Å². The van der Waals surface area contributed by atoms with Crippen LogP contribution < -0.4 is 0 Å². The molecule has 1 aliphatic rings. The van der Waals surface area contributed by atoms with E-state index in [1.54, 1.807) is 19.1 Å². The monoisotopic (exact) mass is 339 g/mol. The van der Waals surface area contributed by atoms with Crippen LogP contribution in [0, 0.1) is 0 Å². The molecule has 0 spiro atoms. The maximum absolute atomic E-state index is 11.3. The van der Waals surface area contributed by atoms with Crippen molar-refractivity contribution < 1.29 is 13.7 Å². The SMILES string of the molecule is CC(=O)N1CCC(c2nc(-c3ccc(Br)o3)no2)CC1. The highest BCUT2D eigenvalue weighted by molar-refractivity contribution is 9.10. The van der Waals surface area contributed by atoms with Crippen molar-refractivity contribution in [3.63, 3.8) is 0 Å². The molecular weight excluding hydrogens is 326 g/mol. The number of aromatic nitrogens is 2. The van der Waals surface area contributed by atoms with Crippen LogP contribution in [0.25, 0.3) is 11.6 Å². The number of piperidine rings is 1. The molecule has 6 nitrogen and oxygen atoms in total. The van der Waals surface area contributed by atoms with Gasteiger partial charge in [0, 0.05) is 25.9 Å². The molecule has 1 fully saturated rings. The Kier molecular flexibility index (Phi) is 3.60. The Labute approximate surface area is 124 Å². The highest BCUT2D eigenvalue weighted by Crippen LogP contribution is 2.29. The van der Waals surface area contributed by atoms with E-state index in [1.165, 1.54) is 0 Å². The van der Waals surface area contributed by atoms with Crippen LogP contribution in [0.15, 0.2) is 25.7 Å². The molecule has 3 rings (SSSR count). The Hall–Kier alpha value is -1.63. The molecule has 106 valence electrons. The zero-order valence-corrected chi connectivity index (χ0v) is 12.6. The van der Waals surface area contributed by atoms with E-state index in [4.69, 9.17) is 8.94 Å². The van der Waals surface area contributed by atoms with Crippen LogP contribution in [0.1, 0.15) is 31.6 Å². The van der Waals surface area contributed by atoms with Crippen LogP contribution in [-0.4, -0.2) is 34.0 Å². The fourth-order valence-corrected chi connectivity index (χ4v) is 2.68. The lowest BCUT2D eigenvalue weighted by atomic mass is 9.97. The first kappa shape index (κ1) is 13.4. The highest BCUT2D eigenvalue weighted by atomic mass is 79.9. The van der Waals surface area contributed by atoms with Gasteiger partial charge >= 0.3 is 0 Å². The molecule has 0 unspecified atom stereocenters. The zero-order valence-electron chi connectivity index (χ0n) is 11.0. The first-order valence-electron chi connectivity index (χ1n) is 6.48. The molecule has 3 heterocycles. The second-order valence-corrected chi connectivity index (χ2v) is 5.62. The molecule has 1 amide bonds.